The predicted octanol–water partition coefficient (Wildman–Crippen LogP) is 2.39. The van der Waals surface area contributed by atoms with Gasteiger partial charge in [-0.25, -0.2) is 0 Å². The smallest absolute Gasteiger partial charge is 0.325 e. The molecular formula is C16H24ClN3O2. The molecule has 0 aliphatic heterocycles. The minimum Gasteiger partial charge on any atom is -0.459 e. The number of carbonyl (C=O) groups excluding carboxylic acids is 1. The van der Waals surface area contributed by atoms with Gasteiger partial charge in [0.25, 0.3) is 0 Å². The maximum atomic E-state index is 11.6. The number of nitrogens with one attached hydrogen (secondary N) is 2. The van der Waals surface area contributed by atoms with E-state index in [0.29, 0.717) is 12.5 Å². The molecule has 0 saturated carbocycles. The SMILES string of the molecule is CN=C(NCCc1ccc(Cl)cc1)NCC(=O)OC(C)(C)C. The van der Waals surface area contributed by atoms with Gasteiger partial charge in [0.05, 0.1) is 0 Å². The number of nitrogens with zero attached hydrogens (tertiary/aromatic N) is 1. The van der Waals surface area contributed by atoms with Crippen LogP contribution in [0.1, 0.15) is 26.3 Å². The summed E-state index contributed by atoms with van der Waals surface area (Å²) < 4.78 is 5.22. The van der Waals surface area contributed by atoms with Gasteiger partial charge in [-0.1, -0.05) is 23.7 Å². The molecule has 0 spiro atoms. The zero-order chi connectivity index (χ0) is 16.6. The zero-order valence-corrected chi connectivity index (χ0v) is 14.3. The third-order valence-electron chi connectivity index (χ3n) is 2.66. The minimum absolute atomic E-state index is 0.0812. The number of rotatable bonds is 5. The van der Waals surface area contributed by atoms with E-state index in [-0.39, 0.29) is 12.5 Å². The van der Waals surface area contributed by atoms with Crippen molar-refractivity contribution < 1.29 is 9.53 Å². The van der Waals surface area contributed by atoms with Crippen molar-refractivity contribution in [3.8, 4) is 0 Å². The first-order valence-corrected chi connectivity index (χ1v) is 7.59. The van der Waals surface area contributed by atoms with Gasteiger partial charge in [-0.15, -0.1) is 0 Å². The summed E-state index contributed by atoms with van der Waals surface area (Å²) in [7, 11) is 1.66. The van der Waals surface area contributed by atoms with E-state index in [4.69, 9.17) is 16.3 Å². The summed E-state index contributed by atoms with van der Waals surface area (Å²) in [5.41, 5.74) is 0.698. The van der Waals surface area contributed by atoms with E-state index in [0.717, 1.165) is 11.4 Å². The second kappa shape index (κ2) is 8.63. The Morgan fingerprint density at radius 1 is 1.23 bits per heavy atom. The number of carbonyl (C=O) groups is 1. The van der Waals surface area contributed by atoms with Gasteiger partial charge in [-0.05, 0) is 44.9 Å². The van der Waals surface area contributed by atoms with Crippen LogP contribution in [0.25, 0.3) is 0 Å². The highest BCUT2D eigenvalue weighted by molar-refractivity contribution is 6.30. The van der Waals surface area contributed by atoms with Gasteiger partial charge < -0.3 is 15.4 Å². The zero-order valence-electron chi connectivity index (χ0n) is 13.6. The molecule has 0 aliphatic carbocycles. The van der Waals surface area contributed by atoms with Crippen LogP contribution < -0.4 is 10.6 Å². The summed E-state index contributed by atoms with van der Waals surface area (Å²) in [4.78, 5) is 15.7. The van der Waals surface area contributed by atoms with Gasteiger partial charge in [0.15, 0.2) is 5.96 Å². The number of benzene rings is 1. The molecule has 0 atom stereocenters. The molecule has 22 heavy (non-hydrogen) atoms. The van der Waals surface area contributed by atoms with Gasteiger partial charge in [0, 0.05) is 18.6 Å². The molecule has 2 N–H and O–H groups in total. The molecule has 0 saturated heterocycles. The molecule has 0 aromatic heterocycles. The van der Waals surface area contributed by atoms with E-state index < -0.39 is 5.60 Å². The third kappa shape index (κ3) is 7.88. The summed E-state index contributed by atoms with van der Waals surface area (Å²) in [5.74, 6) is 0.257. The van der Waals surface area contributed by atoms with E-state index in [1.54, 1.807) is 7.05 Å². The Bertz CT molecular complexity index is 507. The Labute approximate surface area is 137 Å². The minimum atomic E-state index is -0.482. The largest absolute Gasteiger partial charge is 0.459 e. The molecule has 0 aliphatic rings. The average Bonchev–Trinajstić information content (AvgIpc) is 2.42. The Morgan fingerprint density at radius 2 is 1.86 bits per heavy atom. The maximum Gasteiger partial charge on any atom is 0.325 e. The summed E-state index contributed by atoms with van der Waals surface area (Å²) in [6.07, 6.45) is 0.838. The Morgan fingerprint density at radius 3 is 2.41 bits per heavy atom. The lowest BCUT2D eigenvalue weighted by Crippen LogP contribution is -2.42. The molecule has 0 heterocycles. The molecule has 122 valence electrons. The molecule has 0 radical (unpaired) electrons. The maximum absolute atomic E-state index is 11.6. The molecule has 0 unspecified atom stereocenters. The topological polar surface area (TPSA) is 62.7 Å². The molecule has 0 bridgehead atoms. The molecule has 6 heteroatoms. The molecule has 1 rings (SSSR count). The first kappa shape index (κ1) is 18.3. The van der Waals surface area contributed by atoms with Crippen molar-refractivity contribution in [2.45, 2.75) is 32.8 Å². The van der Waals surface area contributed by atoms with Crippen molar-refractivity contribution in [3.63, 3.8) is 0 Å². The monoisotopic (exact) mass is 325 g/mol. The highest BCUT2D eigenvalue weighted by Crippen LogP contribution is 2.09. The van der Waals surface area contributed by atoms with E-state index >= 15 is 0 Å². The summed E-state index contributed by atoms with van der Waals surface area (Å²) in [5, 5.41) is 6.81. The average molecular weight is 326 g/mol. The van der Waals surface area contributed by atoms with Crippen molar-refractivity contribution in [2.24, 2.45) is 4.99 Å². The Hall–Kier alpha value is -1.75. The van der Waals surface area contributed by atoms with Gasteiger partial charge in [0.2, 0.25) is 0 Å². The molecule has 1 aromatic carbocycles. The van der Waals surface area contributed by atoms with Crippen LogP contribution in [0.15, 0.2) is 29.3 Å². The van der Waals surface area contributed by atoms with Crippen molar-refractivity contribution in [1.82, 2.24) is 10.6 Å². The number of guanidine groups is 1. The second-order valence-electron chi connectivity index (χ2n) is 5.82. The van der Waals surface area contributed by atoms with Crippen molar-refractivity contribution in [3.05, 3.63) is 34.9 Å². The summed E-state index contributed by atoms with van der Waals surface area (Å²) in [6.45, 7) is 6.30. The third-order valence-corrected chi connectivity index (χ3v) is 2.92. The lowest BCUT2D eigenvalue weighted by Gasteiger charge is -2.20. The number of aliphatic imine (C=N–C) groups is 1. The van der Waals surface area contributed by atoms with Gasteiger partial charge in [-0.2, -0.15) is 0 Å². The highest BCUT2D eigenvalue weighted by Gasteiger charge is 2.16. The lowest BCUT2D eigenvalue weighted by molar-refractivity contribution is -0.153. The van der Waals surface area contributed by atoms with Crippen LogP contribution in [-0.2, 0) is 16.0 Å². The highest BCUT2D eigenvalue weighted by atomic mass is 35.5. The second-order valence-corrected chi connectivity index (χ2v) is 6.25. The molecule has 0 fully saturated rings. The fraction of sp³-hybridized carbons (Fsp3) is 0.500. The van der Waals surface area contributed by atoms with Crippen LogP contribution in [0.2, 0.25) is 5.02 Å². The van der Waals surface area contributed by atoms with Crippen LogP contribution in [0.4, 0.5) is 0 Å². The van der Waals surface area contributed by atoms with Gasteiger partial charge >= 0.3 is 5.97 Å². The fourth-order valence-corrected chi connectivity index (χ4v) is 1.86. The predicted molar refractivity (Wildman–Crippen MR) is 90.4 cm³/mol. The van der Waals surface area contributed by atoms with Crippen molar-refractivity contribution in [1.29, 1.82) is 0 Å². The van der Waals surface area contributed by atoms with Crippen molar-refractivity contribution in [2.75, 3.05) is 20.1 Å². The standard InChI is InChI=1S/C16H24ClN3O2/c1-16(2,3)22-14(21)11-20-15(18-4)19-10-9-12-5-7-13(17)8-6-12/h5-8H,9-11H2,1-4H3,(H2,18,19,20). The van der Waals surface area contributed by atoms with E-state index in [1.165, 1.54) is 5.56 Å². The molecule has 5 nitrogen and oxygen atoms in total. The Kier molecular flexibility index (Phi) is 7.18. The summed E-state index contributed by atoms with van der Waals surface area (Å²) >= 11 is 5.85. The van der Waals surface area contributed by atoms with Crippen LogP contribution in [0.5, 0.6) is 0 Å². The number of hydrogen-bond donors (Lipinski definition) is 2. The number of esters is 1. The Balaban J connectivity index is 2.31. The molecule has 1 aromatic rings. The van der Waals surface area contributed by atoms with Gasteiger partial charge in [0.1, 0.15) is 12.1 Å². The van der Waals surface area contributed by atoms with Crippen LogP contribution in [-0.4, -0.2) is 37.7 Å². The summed E-state index contributed by atoms with van der Waals surface area (Å²) in [6, 6.07) is 7.71. The quantitative estimate of drug-likeness (QED) is 0.496. The number of hydrogen-bond acceptors (Lipinski definition) is 3. The van der Waals surface area contributed by atoms with Crippen molar-refractivity contribution >= 4 is 23.5 Å². The first-order valence-electron chi connectivity index (χ1n) is 7.21. The van der Waals surface area contributed by atoms with Crippen LogP contribution >= 0.6 is 11.6 Å². The van der Waals surface area contributed by atoms with Crippen LogP contribution in [0, 0.1) is 0 Å². The van der Waals surface area contributed by atoms with Gasteiger partial charge in [-0.3, -0.25) is 9.79 Å². The first-order chi connectivity index (χ1) is 10.3. The molecular weight excluding hydrogens is 302 g/mol. The van der Waals surface area contributed by atoms with E-state index in [2.05, 4.69) is 15.6 Å². The number of halogens is 1. The number of ether oxygens (including phenoxy) is 1. The normalized spacial score (nSPS) is 12.0. The van der Waals surface area contributed by atoms with Crippen LogP contribution in [0.3, 0.4) is 0 Å². The molecule has 0 amide bonds. The lowest BCUT2D eigenvalue weighted by atomic mass is 10.1. The fourth-order valence-electron chi connectivity index (χ4n) is 1.73. The van der Waals surface area contributed by atoms with E-state index in [9.17, 15) is 4.79 Å². The van der Waals surface area contributed by atoms with E-state index in [1.807, 2.05) is 45.0 Å².